The van der Waals surface area contributed by atoms with Crippen molar-refractivity contribution in [2.24, 2.45) is 0 Å². The van der Waals surface area contributed by atoms with E-state index < -0.39 is 23.4 Å². The second kappa shape index (κ2) is 8.11. The van der Waals surface area contributed by atoms with E-state index in [9.17, 15) is 19.2 Å². The number of hydrogen-bond donors (Lipinski definition) is 0. The molecule has 0 aromatic rings. The number of nitrogens with zero attached hydrogens (tertiary/aromatic N) is 1. The molecule has 0 radical (unpaired) electrons. The minimum Gasteiger partial charge on any atom is -0.375 e. The lowest BCUT2D eigenvalue weighted by atomic mass is 10.1. The number of ether oxygens (including phenoxy) is 1. The molecule has 0 unspecified atom stereocenters. The minimum absolute atomic E-state index is 0.0442. The van der Waals surface area contributed by atoms with E-state index in [4.69, 9.17) is 9.57 Å². The van der Waals surface area contributed by atoms with Gasteiger partial charge in [-0.25, -0.2) is 4.79 Å². The van der Waals surface area contributed by atoms with Crippen molar-refractivity contribution < 1.29 is 28.8 Å². The molecule has 0 saturated carbocycles. The molecule has 0 N–H and O–H groups in total. The van der Waals surface area contributed by atoms with Gasteiger partial charge in [-0.3, -0.25) is 14.4 Å². The van der Waals surface area contributed by atoms with E-state index in [1.54, 1.807) is 13.8 Å². The van der Waals surface area contributed by atoms with Gasteiger partial charge in [0.15, 0.2) is 5.12 Å². The molecule has 1 aliphatic rings. The lowest BCUT2D eigenvalue weighted by Crippen LogP contribution is -2.36. The zero-order valence-electron chi connectivity index (χ0n) is 14.8. The zero-order chi connectivity index (χ0) is 18.5. The standard InChI is InChI=1S/C16H25NO6S/c1-11(18)24-16(4,5)8-9-22-15(2,3)10-14(21)23-17-12(19)6-7-13(17)20/h6-10H2,1-5H3. The summed E-state index contributed by atoms with van der Waals surface area (Å²) in [4.78, 5) is 50.8. The van der Waals surface area contributed by atoms with Crippen molar-refractivity contribution >= 4 is 34.7 Å². The number of imide groups is 1. The number of carbonyl (C=O) groups excluding carboxylic acids is 4. The van der Waals surface area contributed by atoms with Crippen LogP contribution in [0.4, 0.5) is 0 Å². The average molecular weight is 359 g/mol. The molecule has 1 saturated heterocycles. The van der Waals surface area contributed by atoms with Gasteiger partial charge in [0.1, 0.15) is 0 Å². The summed E-state index contributed by atoms with van der Waals surface area (Å²) in [7, 11) is 0. The number of amides is 2. The summed E-state index contributed by atoms with van der Waals surface area (Å²) in [5.74, 6) is -1.70. The molecular formula is C16H25NO6S. The Labute approximate surface area is 146 Å². The molecule has 24 heavy (non-hydrogen) atoms. The van der Waals surface area contributed by atoms with Gasteiger partial charge in [0, 0.05) is 31.1 Å². The van der Waals surface area contributed by atoms with Crippen LogP contribution in [0.5, 0.6) is 0 Å². The number of hydrogen-bond acceptors (Lipinski definition) is 7. The first-order valence-electron chi connectivity index (χ1n) is 7.82. The molecule has 0 aromatic heterocycles. The molecule has 0 atom stereocenters. The lowest BCUT2D eigenvalue weighted by Gasteiger charge is -2.28. The van der Waals surface area contributed by atoms with E-state index in [0.29, 0.717) is 18.1 Å². The van der Waals surface area contributed by atoms with Crippen LogP contribution in [0, 0.1) is 0 Å². The smallest absolute Gasteiger partial charge is 0.336 e. The first-order valence-corrected chi connectivity index (χ1v) is 8.64. The molecule has 0 aromatic carbocycles. The molecule has 7 nitrogen and oxygen atoms in total. The summed E-state index contributed by atoms with van der Waals surface area (Å²) in [6, 6.07) is 0. The van der Waals surface area contributed by atoms with E-state index in [-0.39, 0.29) is 29.1 Å². The van der Waals surface area contributed by atoms with E-state index in [1.807, 2.05) is 13.8 Å². The second-order valence-electron chi connectivity index (χ2n) is 6.93. The molecule has 2 amide bonds. The van der Waals surface area contributed by atoms with Crippen molar-refractivity contribution in [1.82, 2.24) is 5.06 Å². The molecule has 1 heterocycles. The van der Waals surface area contributed by atoms with Gasteiger partial charge in [-0.2, -0.15) is 0 Å². The highest BCUT2D eigenvalue weighted by Crippen LogP contribution is 2.29. The molecule has 0 aliphatic carbocycles. The Morgan fingerprint density at radius 1 is 1.12 bits per heavy atom. The highest BCUT2D eigenvalue weighted by Gasteiger charge is 2.34. The fourth-order valence-corrected chi connectivity index (χ4v) is 3.17. The third-order valence-corrected chi connectivity index (χ3v) is 4.43. The number of thioether (sulfide) groups is 1. The van der Waals surface area contributed by atoms with Crippen LogP contribution in [0.1, 0.15) is 60.3 Å². The average Bonchev–Trinajstić information content (AvgIpc) is 2.67. The fourth-order valence-electron chi connectivity index (χ4n) is 2.20. The highest BCUT2D eigenvalue weighted by molar-refractivity contribution is 8.14. The molecule has 1 rings (SSSR count). The van der Waals surface area contributed by atoms with Crippen molar-refractivity contribution in [3.8, 4) is 0 Å². The molecule has 1 fully saturated rings. The lowest BCUT2D eigenvalue weighted by molar-refractivity contribution is -0.200. The Balaban J connectivity index is 2.42. The van der Waals surface area contributed by atoms with E-state index in [2.05, 4.69) is 0 Å². The van der Waals surface area contributed by atoms with Gasteiger partial charge in [0.2, 0.25) is 0 Å². The summed E-state index contributed by atoms with van der Waals surface area (Å²) in [5, 5.41) is 0.577. The molecule has 0 bridgehead atoms. The maximum absolute atomic E-state index is 11.9. The third-order valence-electron chi connectivity index (χ3n) is 3.39. The van der Waals surface area contributed by atoms with Crippen LogP contribution < -0.4 is 0 Å². The maximum Gasteiger partial charge on any atom is 0.336 e. The number of rotatable bonds is 8. The van der Waals surface area contributed by atoms with Crippen LogP contribution in [-0.2, 0) is 28.8 Å². The fraction of sp³-hybridized carbons (Fsp3) is 0.750. The summed E-state index contributed by atoms with van der Waals surface area (Å²) >= 11 is 1.25. The Bertz CT molecular complexity index is 513. The van der Waals surface area contributed by atoms with Crippen molar-refractivity contribution in [1.29, 1.82) is 0 Å². The quantitative estimate of drug-likeness (QED) is 0.614. The maximum atomic E-state index is 11.9. The summed E-state index contributed by atoms with van der Waals surface area (Å²) in [6.07, 6.45) is 0.674. The van der Waals surface area contributed by atoms with Crippen LogP contribution in [0.2, 0.25) is 0 Å². The van der Waals surface area contributed by atoms with E-state index in [0.717, 1.165) is 0 Å². The summed E-state index contributed by atoms with van der Waals surface area (Å²) in [6.45, 7) is 9.26. The molecular weight excluding hydrogens is 334 g/mol. The first-order chi connectivity index (χ1) is 10.9. The van der Waals surface area contributed by atoms with Gasteiger partial charge in [-0.1, -0.05) is 25.6 Å². The van der Waals surface area contributed by atoms with Crippen LogP contribution in [0.3, 0.4) is 0 Å². The van der Waals surface area contributed by atoms with Crippen molar-refractivity contribution in [2.75, 3.05) is 6.61 Å². The van der Waals surface area contributed by atoms with Gasteiger partial charge in [0.25, 0.3) is 11.8 Å². The van der Waals surface area contributed by atoms with Crippen LogP contribution >= 0.6 is 11.8 Å². The predicted molar refractivity (Wildman–Crippen MR) is 88.8 cm³/mol. The van der Waals surface area contributed by atoms with E-state index in [1.165, 1.54) is 18.7 Å². The number of carbonyl (C=O) groups is 4. The molecule has 8 heteroatoms. The largest absolute Gasteiger partial charge is 0.375 e. The molecule has 0 spiro atoms. The highest BCUT2D eigenvalue weighted by atomic mass is 32.2. The van der Waals surface area contributed by atoms with E-state index >= 15 is 0 Å². The Hall–Kier alpha value is -1.41. The van der Waals surface area contributed by atoms with Gasteiger partial charge in [0.05, 0.1) is 12.0 Å². The van der Waals surface area contributed by atoms with Gasteiger partial charge < -0.3 is 9.57 Å². The number of hydroxylamine groups is 2. The van der Waals surface area contributed by atoms with Crippen molar-refractivity contribution in [3.05, 3.63) is 0 Å². The van der Waals surface area contributed by atoms with Crippen molar-refractivity contribution in [2.45, 2.75) is 70.7 Å². The van der Waals surface area contributed by atoms with Crippen LogP contribution in [0.15, 0.2) is 0 Å². The minimum atomic E-state index is -0.806. The Morgan fingerprint density at radius 3 is 2.17 bits per heavy atom. The monoisotopic (exact) mass is 359 g/mol. The predicted octanol–water partition coefficient (Wildman–Crippen LogP) is 2.23. The second-order valence-corrected chi connectivity index (χ2v) is 8.82. The van der Waals surface area contributed by atoms with Gasteiger partial charge >= 0.3 is 5.97 Å². The molecule has 1 aliphatic heterocycles. The first kappa shape index (κ1) is 20.6. The van der Waals surface area contributed by atoms with Gasteiger partial charge in [-0.05, 0) is 20.3 Å². The Morgan fingerprint density at radius 2 is 1.67 bits per heavy atom. The van der Waals surface area contributed by atoms with Gasteiger partial charge in [-0.15, -0.1) is 5.06 Å². The molecule has 136 valence electrons. The third kappa shape index (κ3) is 7.00. The summed E-state index contributed by atoms with van der Waals surface area (Å²) < 4.78 is 5.47. The Kier molecular flexibility index (Phi) is 6.97. The normalized spacial score (nSPS) is 15.8. The van der Waals surface area contributed by atoms with Crippen molar-refractivity contribution in [3.63, 3.8) is 0 Å². The van der Waals surface area contributed by atoms with Crippen LogP contribution in [0.25, 0.3) is 0 Å². The van der Waals surface area contributed by atoms with Crippen LogP contribution in [-0.4, -0.2) is 44.9 Å². The SMILES string of the molecule is CC(=O)SC(C)(C)CCOC(C)(C)CC(=O)ON1C(=O)CCC1=O. The zero-order valence-corrected chi connectivity index (χ0v) is 15.7. The summed E-state index contributed by atoms with van der Waals surface area (Å²) in [5.41, 5.74) is -0.806. The topological polar surface area (TPSA) is 90.0 Å².